The first-order valence-corrected chi connectivity index (χ1v) is 8.46. The van der Waals surface area contributed by atoms with E-state index in [-0.39, 0.29) is 0 Å². The van der Waals surface area contributed by atoms with Crippen LogP contribution >= 0.6 is 15.9 Å². The lowest BCUT2D eigenvalue weighted by Gasteiger charge is -2.06. The number of aryl methyl sites for hydroxylation is 1. The fraction of sp³-hybridized carbons (Fsp3) is 0.158. The van der Waals surface area contributed by atoms with Gasteiger partial charge in [0.05, 0.1) is 17.7 Å². The van der Waals surface area contributed by atoms with Crippen molar-refractivity contribution in [1.29, 1.82) is 0 Å². The molecule has 0 N–H and O–H groups in total. The predicted molar refractivity (Wildman–Crippen MR) is 103 cm³/mol. The van der Waals surface area contributed by atoms with E-state index in [0.29, 0.717) is 0 Å². The predicted octanol–water partition coefficient (Wildman–Crippen LogP) is 4.83. The minimum Gasteiger partial charge on any atom is -0.369 e. The number of nitrogens with zero attached hydrogens (tertiary/aromatic N) is 4. The third kappa shape index (κ3) is 3.74. The largest absolute Gasteiger partial charge is 0.369 e. The van der Waals surface area contributed by atoms with Crippen LogP contribution in [0.3, 0.4) is 0 Å². The van der Waals surface area contributed by atoms with Crippen LogP contribution in [-0.2, 0) is 0 Å². The topological polar surface area (TPSA) is 33.4 Å². The Balaban J connectivity index is 2.08. The van der Waals surface area contributed by atoms with Gasteiger partial charge in [0.25, 0.3) is 0 Å². The van der Waals surface area contributed by atoms with E-state index in [1.54, 1.807) is 6.34 Å². The number of aromatic nitrogens is 2. The summed E-state index contributed by atoms with van der Waals surface area (Å²) >= 11 is 3.47. The van der Waals surface area contributed by atoms with Gasteiger partial charge in [0.1, 0.15) is 0 Å². The third-order valence-electron chi connectivity index (χ3n) is 3.53. The zero-order valence-electron chi connectivity index (χ0n) is 13.9. The average molecular weight is 383 g/mol. The molecule has 0 aliphatic rings. The molecular formula is C19H19BrN4. The fourth-order valence-corrected chi connectivity index (χ4v) is 2.54. The third-order valence-corrected chi connectivity index (χ3v) is 4.06. The molecule has 4 nitrogen and oxygen atoms in total. The van der Waals surface area contributed by atoms with Gasteiger partial charge in [-0.15, -0.1) is 0 Å². The maximum absolute atomic E-state index is 4.76. The monoisotopic (exact) mass is 382 g/mol. The quantitative estimate of drug-likeness (QED) is 0.478. The number of halogens is 1. The second-order valence-corrected chi connectivity index (χ2v) is 6.77. The summed E-state index contributed by atoms with van der Waals surface area (Å²) in [5.74, 6) is 0.793. The normalized spacial score (nSPS) is 11.2. The number of rotatable bonds is 4. The number of hydrogen-bond donors (Lipinski definition) is 0. The van der Waals surface area contributed by atoms with Crippen LogP contribution in [0.1, 0.15) is 5.56 Å². The summed E-state index contributed by atoms with van der Waals surface area (Å²) < 4.78 is 2.90. The van der Waals surface area contributed by atoms with Crippen molar-refractivity contribution in [2.24, 2.45) is 4.99 Å². The molecule has 24 heavy (non-hydrogen) atoms. The van der Waals surface area contributed by atoms with Crippen molar-refractivity contribution in [3.8, 4) is 16.9 Å². The Bertz CT molecular complexity index is 846. The molecule has 5 heteroatoms. The lowest BCUT2D eigenvalue weighted by atomic mass is 10.1. The molecule has 0 amide bonds. The lowest BCUT2D eigenvalue weighted by Crippen LogP contribution is -2.07. The van der Waals surface area contributed by atoms with E-state index in [2.05, 4.69) is 52.1 Å². The van der Waals surface area contributed by atoms with E-state index >= 15 is 0 Å². The Morgan fingerprint density at radius 2 is 1.71 bits per heavy atom. The maximum Gasteiger partial charge on any atom is 0.157 e. The van der Waals surface area contributed by atoms with E-state index in [4.69, 9.17) is 5.10 Å². The molecule has 0 bridgehead atoms. The van der Waals surface area contributed by atoms with Crippen molar-refractivity contribution < 1.29 is 0 Å². The molecule has 1 aromatic heterocycles. The van der Waals surface area contributed by atoms with Crippen molar-refractivity contribution in [2.75, 3.05) is 14.1 Å². The van der Waals surface area contributed by atoms with Gasteiger partial charge < -0.3 is 4.90 Å². The molecule has 0 spiro atoms. The summed E-state index contributed by atoms with van der Waals surface area (Å²) in [6.45, 7) is 2.08. The molecule has 3 aromatic rings. The first-order chi connectivity index (χ1) is 11.5. The van der Waals surface area contributed by atoms with Gasteiger partial charge in [-0.3, -0.25) is 0 Å². The van der Waals surface area contributed by atoms with Crippen molar-refractivity contribution in [2.45, 2.75) is 6.92 Å². The highest BCUT2D eigenvalue weighted by molar-refractivity contribution is 9.10. The maximum atomic E-state index is 4.76. The Labute approximate surface area is 150 Å². The SMILES string of the molecule is Cc1ccc(-c2cc(/N=C/N(C)C)n(-c3ccc(Br)cc3)n2)cc1. The zero-order valence-corrected chi connectivity index (χ0v) is 15.5. The fourth-order valence-electron chi connectivity index (χ4n) is 2.28. The Kier molecular flexibility index (Phi) is 4.81. The summed E-state index contributed by atoms with van der Waals surface area (Å²) in [7, 11) is 3.90. The van der Waals surface area contributed by atoms with Crippen LogP contribution in [0.15, 0.2) is 64.1 Å². The number of benzene rings is 2. The second-order valence-electron chi connectivity index (χ2n) is 5.85. The van der Waals surface area contributed by atoms with Gasteiger partial charge in [-0.25, -0.2) is 9.67 Å². The number of hydrogen-bond acceptors (Lipinski definition) is 2. The molecular weight excluding hydrogens is 364 g/mol. The highest BCUT2D eigenvalue weighted by Crippen LogP contribution is 2.27. The summed E-state index contributed by atoms with van der Waals surface area (Å²) in [6, 6.07) is 18.4. The van der Waals surface area contributed by atoms with Crippen molar-refractivity contribution in [3.05, 3.63) is 64.6 Å². The summed E-state index contributed by atoms with van der Waals surface area (Å²) in [5, 5.41) is 4.76. The minimum absolute atomic E-state index is 0.793. The van der Waals surface area contributed by atoms with E-state index in [0.717, 1.165) is 27.2 Å². The van der Waals surface area contributed by atoms with Gasteiger partial charge in [-0.2, -0.15) is 5.10 Å². The highest BCUT2D eigenvalue weighted by Gasteiger charge is 2.10. The van der Waals surface area contributed by atoms with Gasteiger partial charge in [-0.1, -0.05) is 45.8 Å². The Morgan fingerprint density at radius 3 is 2.33 bits per heavy atom. The highest BCUT2D eigenvalue weighted by atomic mass is 79.9. The van der Waals surface area contributed by atoms with Crippen molar-refractivity contribution in [3.63, 3.8) is 0 Å². The van der Waals surface area contributed by atoms with Crippen LogP contribution < -0.4 is 0 Å². The summed E-state index contributed by atoms with van der Waals surface area (Å²) in [5.41, 5.74) is 4.20. The molecule has 0 saturated carbocycles. The molecule has 3 rings (SSSR count). The molecule has 1 heterocycles. The van der Waals surface area contributed by atoms with Crippen LogP contribution in [0.4, 0.5) is 5.82 Å². The molecule has 0 aliphatic heterocycles. The van der Waals surface area contributed by atoms with Crippen LogP contribution in [0.2, 0.25) is 0 Å². The van der Waals surface area contributed by atoms with Crippen LogP contribution in [0.5, 0.6) is 0 Å². The smallest absolute Gasteiger partial charge is 0.157 e. The summed E-state index contributed by atoms with van der Waals surface area (Å²) in [6.07, 6.45) is 1.78. The van der Waals surface area contributed by atoms with E-state index in [1.165, 1.54) is 5.56 Å². The lowest BCUT2D eigenvalue weighted by molar-refractivity contribution is 0.642. The van der Waals surface area contributed by atoms with Gasteiger partial charge in [-0.05, 0) is 31.2 Å². The second kappa shape index (κ2) is 7.01. The standard InChI is InChI=1S/C19H19BrN4/c1-14-4-6-15(7-5-14)18-12-19(21-13-23(2)3)24(22-18)17-10-8-16(20)9-11-17/h4-13H,1-3H3/b21-13+. The Hall–Kier alpha value is -2.40. The molecule has 0 saturated heterocycles. The van der Waals surface area contributed by atoms with Crippen molar-refractivity contribution >= 4 is 28.1 Å². The molecule has 0 fully saturated rings. The average Bonchev–Trinajstić information content (AvgIpc) is 2.98. The molecule has 0 unspecified atom stereocenters. The molecule has 2 aromatic carbocycles. The van der Waals surface area contributed by atoms with E-state index < -0.39 is 0 Å². The molecule has 122 valence electrons. The molecule has 0 atom stereocenters. The summed E-state index contributed by atoms with van der Waals surface area (Å²) in [4.78, 5) is 6.47. The first kappa shape index (κ1) is 16.5. The van der Waals surface area contributed by atoms with E-state index in [9.17, 15) is 0 Å². The first-order valence-electron chi connectivity index (χ1n) is 7.66. The van der Waals surface area contributed by atoms with Gasteiger partial charge >= 0.3 is 0 Å². The Morgan fingerprint density at radius 1 is 1.04 bits per heavy atom. The van der Waals surface area contributed by atoms with Gasteiger partial charge in [0, 0.05) is 30.2 Å². The molecule has 0 aliphatic carbocycles. The number of aliphatic imine (C=N–C) groups is 1. The van der Waals surface area contributed by atoms with Crippen LogP contribution in [0.25, 0.3) is 16.9 Å². The van der Waals surface area contributed by atoms with Crippen LogP contribution in [-0.4, -0.2) is 35.1 Å². The minimum atomic E-state index is 0.793. The zero-order chi connectivity index (χ0) is 17.1. The van der Waals surface area contributed by atoms with Gasteiger partial charge in [0.2, 0.25) is 0 Å². The van der Waals surface area contributed by atoms with Crippen molar-refractivity contribution in [1.82, 2.24) is 14.7 Å². The van der Waals surface area contributed by atoms with Crippen LogP contribution in [0, 0.1) is 6.92 Å². The van der Waals surface area contributed by atoms with Gasteiger partial charge in [0.15, 0.2) is 5.82 Å². The van der Waals surface area contributed by atoms with E-state index in [1.807, 2.05) is 54.0 Å². The molecule has 0 radical (unpaired) electrons.